The summed E-state index contributed by atoms with van der Waals surface area (Å²) in [7, 11) is 1.36. The SMILES string of the molecule is CCC(OC)C(O)c1ccc(F)c(F)c1F. The van der Waals surface area contributed by atoms with Gasteiger partial charge in [0.05, 0.1) is 6.10 Å². The summed E-state index contributed by atoms with van der Waals surface area (Å²) in [5.41, 5.74) is -0.299. The van der Waals surface area contributed by atoms with Gasteiger partial charge in [0, 0.05) is 12.7 Å². The molecule has 0 bridgehead atoms. The average Bonchev–Trinajstić information content (AvgIpc) is 2.27. The van der Waals surface area contributed by atoms with Gasteiger partial charge in [-0.25, -0.2) is 13.2 Å². The highest BCUT2D eigenvalue weighted by Gasteiger charge is 2.24. The molecule has 0 radical (unpaired) electrons. The summed E-state index contributed by atoms with van der Waals surface area (Å²) < 4.78 is 43.8. The Kier molecular flexibility index (Phi) is 4.32. The number of methoxy groups -OCH3 is 1. The molecule has 0 amide bonds. The van der Waals surface area contributed by atoms with Gasteiger partial charge >= 0.3 is 0 Å². The van der Waals surface area contributed by atoms with E-state index in [4.69, 9.17) is 4.74 Å². The predicted molar refractivity (Wildman–Crippen MR) is 52.4 cm³/mol. The molecule has 5 heteroatoms. The fraction of sp³-hybridized carbons (Fsp3) is 0.455. The molecule has 16 heavy (non-hydrogen) atoms. The number of benzene rings is 1. The second kappa shape index (κ2) is 5.32. The second-order valence-electron chi connectivity index (χ2n) is 3.39. The van der Waals surface area contributed by atoms with Gasteiger partial charge in [0.1, 0.15) is 6.10 Å². The van der Waals surface area contributed by atoms with E-state index in [0.717, 1.165) is 12.1 Å². The molecule has 1 N–H and O–H groups in total. The molecule has 2 atom stereocenters. The monoisotopic (exact) mass is 234 g/mol. The smallest absolute Gasteiger partial charge is 0.194 e. The fourth-order valence-corrected chi connectivity index (χ4v) is 1.49. The zero-order valence-electron chi connectivity index (χ0n) is 9.01. The number of hydrogen-bond acceptors (Lipinski definition) is 2. The van der Waals surface area contributed by atoms with E-state index >= 15 is 0 Å². The molecule has 0 aliphatic heterocycles. The summed E-state index contributed by atoms with van der Waals surface area (Å²) >= 11 is 0. The van der Waals surface area contributed by atoms with Crippen molar-refractivity contribution in [2.24, 2.45) is 0 Å². The Hall–Kier alpha value is -1.07. The van der Waals surface area contributed by atoms with Crippen LogP contribution in [0, 0.1) is 17.5 Å². The molecule has 0 spiro atoms. The van der Waals surface area contributed by atoms with Crippen LogP contribution in [0.25, 0.3) is 0 Å². The van der Waals surface area contributed by atoms with E-state index in [1.165, 1.54) is 7.11 Å². The van der Waals surface area contributed by atoms with E-state index in [1.54, 1.807) is 6.92 Å². The molecular weight excluding hydrogens is 221 g/mol. The van der Waals surface area contributed by atoms with Crippen molar-refractivity contribution >= 4 is 0 Å². The Balaban J connectivity index is 3.09. The van der Waals surface area contributed by atoms with Gasteiger partial charge in [-0.1, -0.05) is 13.0 Å². The van der Waals surface area contributed by atoms with Gasteiger partial charge < -0.3 is 9.84 Å². The van der Waals surface area contributed by atoms with E-state index in [2.05, 4.69) is 0 Å². The Morgan fingerprint density at radius 2 is 1.88 bits per heavy atom. The molecule has 0 aromatic heterocycles. The van der Waals surface area contributed by atoms with Crippen molar-refractivity contribution in [2.75, 3.05) is 7.11 Å². The van der Waals surface area contributed by atoms with Gasteiger partial charge in [0.15, 0.2) is 17.5 Å². The summed E-state index contributed by atoms with van der Waals surface area (Å²) in [5, 5.41) is 9.72. The minimum absolute atomic E-state index is 0.299. The largest absolute Gasteiger partial charge is 0.386 e. The van der Waals surface area contributed by atoms with Crippen molar-refractivity contribution in [3.05, 3.63) is 35.1 Å². The zero-order chi connectivity index (χ0) is 12.3. The maximum absolute atomic E-state index is 13.3. The summed E-state index contributed by atoms with van der Waals surface area (Å²) in [5.74, 6) is -4.23. The number of aliphatic hydroxyl groups excluding tert-OH is 1. The molecule has 1 aromatic carbocycles. The van der Waals surface area contributed by atoms with Crippen LogP contribution in [0.1, 0.15) is 25.0 Å². The highest BCUT2D eigenvalue weighted by Crippen LogP contribution is 2.26. The van der Waals surface area contributed by atoms with Crippen LogP contribution >= 0.6 is 0 Å². The van der Waals surface area contributed by atoms with E-state index < -0.39 is 29.7 Å². The average molecular weight is 234 g/mol. The quantitative estimate of drug-likeness (QED) is 0.811. The molecule has 1 rings (SSSR count). The Morgan fingerprint density at radius 1 is 1.25 bits per heavy atom. The maximum atomic E-state index is 13.3. The third kappa shape index (κ3) is 2.36. The number of aliphatic hydroxyl groups is 1. The topological polar surface area (TPSA) is 29.5 Å². The third-order valence-electron chi connectivity index (χ3n) is 2.44. The molecule has 0 saturated carbocycles. The summed E-state index contributed by atoms with van der Waals surface area (Å²) in [6.07, 6.45) is -1.54. The van der Waals surface area contributed by atoms with Crippen LogP contribution in [-0.4, -0.2) is 18.3 Å². The molecule has 0 aliphatic rings. The summed E-state index contributed by atoms with van der Waals surface area (Å²) in [4.78, 5) is 0. The number of rotatable bonds is 4. The van der Waals surface area contributed by atoms with Crippen LogP contribution in [0.15, 0.2) is 12.1 Å². The van der Waals surface area contributed by atoms with Crippen LogP contribution in [0.2, 0.25) is 0 Å². The number of ether oxygens (including phenoxy) is 1. The van der Waals surface area contributed by atoms with Gasteiger partial charge in [-0.15, -0.1) is 0 Å². The minimum atomic E-state index is -1.58. The van der Waals surface area contributed by atoms with Crippen molar-refractivity contribution in [1.82, 2.24) is 0 Å². The summed E-state index contributed by atoms with van der Waals surface area (Å²) in [6, 6.07) is 1.79. The van der Waals surface area contributed by atoms with E-state index in [1.807, 2.05) is 0 Å². The second-order valence-corrected chi connectivity index (χ2v) is 3.39. The highest BCUT2D eigenvalue weighted by molar-refractivity contribution is 5.23. The Labute approximate surface area is 91.7 Å². The normalized spacial score (nSPS) is 14.9. The van der Waals surface area contributed by atoms with Gasteiger partial charge in [-0.2, -0.15) is 0 Å². The molecular formula is C11H13F3O2. The summed E-state index contributed by atoms with van der Waals surface area (Å²) in [6.45, 7) is 1.73. The Bertz CT molecular complexity index is 364. The third-order valence-corrected chi connectivity index (χ3v) is 2.44. The molecule has 0 aliphatic carbocycles. The molecule has 0 fully saturated rings. The van der Waals surface area contributed by atoms with E-state index in [0.29, 0.717) is 6.42 Å². The Morgan fingerprint density at radius 3 is 2.38 bits per heavy atom. The van der Waals surface area contributed by atoms with E-state index in [-0.39, 0.29) is 5.56 Å². The first-order valence-electron chi connectivity index (χ1n) is 4.87. The predicted octanol–water partition coefficient (Wildman–Crippen LogP) is 2.56. The number of halogens is 3. The van der Waals surface area contributed by atoms with Gasteiger partial charge in [-0.05, 0) is 12.5 Å². The lowest BCUT2D eigenvalue weighted by atomic mass is 10.0. The van der Waals surface area contributed by atoms with Gasteiger partial charge in [0.25, 0.3) is 0 Å². The minimum Gasteiger partial charge on any atom is -0.386 e. The van der Waals surface area contributed by atoms with Crippen molar-refractivity contribution < 1.29 is 23.0 Å². The molecule has 90 valence electrons. The molecule has 2 unspecified atom stereocenters. The fourth-order valence-electron chi connectivity index (χ4n) is 1.49. The van der Waals surface area contributed by atoms with E-state index in [9.17, 15) is 18.3 Å². The van der Waals surface area contributed by atoms with Crippen LogP contribution in [0.3, 0.4) is 0 Å². The van der Waals surface area contributed by atoms with Crippen LogP contribution in [0.4, 0.5) is 13.2 Å². The number of hydrogen-bond donors (Lipinski definition) is 1. The maximum Gasteiger partial charge on any atom is 0.194 e. The van der Waals surface area contributed by atoms with Crippen LogP contribution < -0.4 is 0 Å². The van der Waals surface area contributed by atoms with Gasteiger partial charge in [0.2, 0.25) is 0 Å². The molecule has 0 heterocycles. The molecule has 2 nitrogen and oxygen atoms in total. The zero-order valence-corrected chi connectivity index (χ0v) is 9.01. The van der Waals surface area contributed by atoms with Crippen LogP contribution in [0.5, 0.6) is 0 Å². The first-order valence-corrected chi connectivity index (χ1v) is 4.87. The van der Waals surface area contributed by atoms with Crippen molar-refractivity contribution in [3.8, 4) is 0 Å². The lowest BCUT2D eigenvalue weighted by molar-refractivity contribution is -0.0168. The van der Waals surface area contributed by atoms with Crippen molar-refractivity contribution in [3.63, 3.8) is 0 Å². The van der Waals surface area contributed by atoms with Crippen LogP contribution in [-0.2, 0) is 4.74 Å². The first-order chi connectivity index (χ1) is 7.52. The molecule has 1 aromatic rings. The van der Waals surface area contributed by atoms with Crippen molar-refractivity contribution in [1.29, 1.82) is 0 Å². The lowest BCUT2D eigenvalue weighted by Crippen LogP contribution is -2.21. The highest BCUT2D eigenvalue weighted by atomic mass is 19.2. The van der Waals surface area contributed by atoms with Gasteiger partial charge in [-0.3, -0.25) is 0 Å². The first kappa shape index (κ1) is 13.0. The molecule has 0 saturated heterocycles. The van der Waals surface area contributed by atoms with Crippen molar-refractivity contribution in [2.45, 2.75) is 25.6 Å². The standard InChI is InChI=1S/C11H13F3O2/c1-3-8(16-2)11(15)6-4-5-7(12)10(14)9(6)13/h4-5,8,11,15H,3H2,1-2H3. The lowest BCUT2D eigenvalue weighted by Gasteiger charge is -2.20.